The van der Waals surface area contributed by atoms with Gasteiger partial charge in [0, 0.05) is 11.0 Å². The van der Waals surface area contributed by atoms with Gasteiger partial charge in [-0.25, -0.2) is 0 Å². The molecule has 1 atom stereocenters. The number of benzene rings is 1. The molecule has 0 aromatic heterocycles. The Hall–Kier alpha value is -2.08. The molecule has 1 aromatic carbocycles. The summed E-state index contributed by atoms with van der Waals surface area (Å²) < 4.78 is 0. The second-order valence-electron chi connectivity index (χ2n) is 9.26. The van der Waals surface area contributed by atoms with Crippen LogP contribution in [-0.2, 0) is 15.1 Å². The van der Waals surface area contributed by atoms with Crippen molar-refractivity contribution in [1.82, 2.24) is 9.96 Å². The molecule has 1 aliphatic carbocycles. The van der Waals surface area contributed by atoms with Crippen LogP contribution in [-0.4, -0.2) is 48.1 Å². The Bertz CT molecular complexity index is 703. The molecular formula is C24H38N2O4. The number of nitrogens with zero attached hydrogens (tertiary/aromatic N) is 2. The Labute approximate surface area is 181 Å². The van der Waals surface area contributed by atoms with E-state index in [-0.39, 0.29) is 12.0 Å². The Morgan fingerprint density at radius 1 is 1.27 bits per heavy atom. The zero-order valence-electron chi connectivity index (χ0n) is 19.2. The first kappa shape index (κ1) is 24.2. The van der Waals surface area contributed by atoms with Gasteiger partial charge in [0.1, 0.15) is 0 Å². The van der Waals surface area contributed by atoms with E-state index in [2.05, 4.69) is 45.8 Å². The van der Waals surface area contributed by atoms with Crippen LogP contribution >= 0.6 is 0 Å². The number of hydroxylamine groups is 2. The Morgan fingerprint density at radius 3 is 2.43 bits per heavy atom. The lowest BCUT2D eigenvalue weighted by molar-refractivity contribution is -0.154. The molecule has 1 N–H and O–H groups in total. The second kappa shape index (κ2) is 10.3. The van der Waals surface area contributed by atoms with Crippen molar-refractivity contribution >= 4 is 12.4 Å². The van der Waals surface area contributed by atoms with Crippen LogP contribution in [0, 0.1) is 11.3 Å². The van der Waals surface area contributed by atoms with Crippen LogP contribution in [0.1, 0.15) is 71.3 Å². The van der Waals surface area contributed by atoms with Crippen molar-refractivity contribution in [2.24, 2.45) is 11.3 Å². The molecule has 0 spiro atoms. The van der Waals surface area contributed by atoms with Crippen molar-refractivity contribution in [3.05, 3.63) is 29.8 Å². The molecule has 2 rings (SSSR count). The van der Waals surface area contributed by atoms with Crippen LogP contribution < -0.4 is 4.84 Å². The molecule has 0 unspecified atom stereocenters. The van der Waals surface area contributed by atoms with Gasteiger partial charge in [-0.3, -0.25) is 14.5 Å². The first-order valence-electron chi connectivity index (χ1n) is 11.1. The van der Waals surface area contributed by atoms with E-state index < -0.39 is 11.4 Å². The highest BCUT2D eigenvalue weighted by molar-refractivity contribution is 5.67. The van der Waals surface area contributed by atoms with Gasteiger partial charge in [-0.1, -0.05) is 52.2 Å². The molecule has 0 heterocycles. The molecule has 1 aliphatic rings. The van der Waals surface area contributed by atoms with E-state index >= 15 is 0 Å². The van der Waals surface area contributed by atoms with Gasteiger partial charge in [0.05, 0.1) is 13.0 Å². The number of carboxylic acid groups (broad SMARTS) is 1. The van der Waals surface area contributed by atoms with Crippen LogP contribution in [0.4, 0.5) is 0 Å². The summed E-state index contributed by atoms with van der Waals surface area (Å²) in [6, 6.07) is 7.91. The molecule has 0 saturated heterocycles. The van der Waals surface area contributed by atoms with Crippen molar-refractivity contribution in [2.75, 3.05) is 20.6 Å². The lowest BCUT2D eigenvalue weighted by Gasteiger charge is -2.44. The minimum atomic E-state index is -0.819. The van der Waals surface area contributed by atoms with E-state index in [9.17, 15) is 14.7 Å². The number of hydrogen-bond donors (Lipinski definition) is 1. The SMILES string of the molecule is CC[C@@](c1cccc(ON(C=O)CC2(CC(=O)O)CCCCC2)c1)(C(C)C)N(C)C. The van der Waals surface area contributed by atoms with Crippen molar-refractivity contribution in [2.45, 2.75) is 71.3 Å². The van der Waals surface area contributed by atoms with Crippen LogP contribution in [0.2, 0.25) is 0 Å². The van der Waals surface area contributed by atoms with Crippen LogP contribution in [0.5, 0.6) is 5.75 Å². The number of amides is 1. The van der Waals surface area contributed by atoms with Crippen molar-refractivity contribution in [1.29, 1.82) is 0 Å². The molecule has 168 valence electrons. The summed E-state index contributed by atoms with van der Waals surface area (Å²) in [5.41, 5.74) is 0.586. The Kier molecular flexibility index (Phi) is 8.30. The molecule has 1 aromatic rings. The van der Waals surface area contributed by atoms with Gasteiger partial charge in [0.15, 0.2) is 5.75 Å². The fourth-order valence-electron chi connectivity index (χ4n) is 5.43. The Balaban J connectivity index is 2.26. The number of carboxylic acids is 1. The van der Waals surface area contributed by atoms with Crippen molar-refractivity contribution in [3.63, 3.8) is 0 Å². The monoisotopic (exact) mass is 418 g/mol. The maximum absolute atomic E-state index is 11.8. The minimum absolute atomic E-state index is 0.0632. The minimum Gasteiger partial charge on any atom is -0.481 e. The van der Waals surface area contributed by atoms with Gasteiger partial charge in [-0.05, 0) is 57.0 Å². The molecule has 1 amide bonds. The van der Waals surface area contributed by atoms with E-state index in [1.807, 2.05) is 18.2 Å². The summed E-state index contributed by atoms with van der Waals surface area (Å²) in [6.45, 7) is 6.91. The molecule has 1 saturated carbocycles. The predicted molar refractivity (Wildman–Crippen MR) is 118 cm³/mol. The van der Waals surface area contributed by atoms with Gasteiger partial charge in [0.2, 0.25) is 6.41 Å². The van der Waals surface area contributed by atoms with E-state index in [1.54, 1.807) is 0 Å². The molecule has 1 fully saturated rings. The summed E-state index contributed by atoms with van der Waals surface area (Å²) in [4.78, 5) is 31.5. The van der Waals surface area contributed by atoms with Gasteiger partial charge in [-0.15, -0.1) is 0 Å². The Morgan fingerprint density at radius 2 is 1.93 bits per heavy atom. The zero-order chi connectivity index (χ0) is 22.4. The third-order valence-corrected chi connectivity index (χ3v) is 6.90. The van der Waals surface area contributed by atoms with Crippen LogP contribution in [0.15, 0.2) is 24.3 Å². The number of carbonyl (C=O) groups is 2. The number of rotatable bonds is 11. The first-order chi connectivity index (χ1) is 14.2. The predicted octanol–water partition coefficient (Wildman–Crippen LogP) is 4.69. The highest BCUT2D eigenvalue weighted by atomic mass is 16.7. The number of carbonyl (C=O) groups excluding carboxylic acids is 1. The lowest BCUT2D eigenvalue weighted by Crippen LogP contribution is -2.45. The zero-order valence-corrected chi connectivity index (χ0v) is 19.2. The fourth-order valence-corrected chi connectivity index (χ4v) is 5.43. The highest BCUT2D eigenvalue weighted by Crippen LogP contribution is 2.41. The van der Waals surface area contributed by atoms with E-state index in [0.29, 0.717) is 24.6 Å². The molecular weight excluding hydrogens is 380 g/mol. The van der Waals surface area contributed by atoms with Crippen LogP contribution in [0.3, 0.4) is 0 Å². The molecule has 6 nitrogen and oxygen atoms in total. The number of aliphatic carboxylic acids is 1. The fraction of sp³-hybridized carbons (Fsp3) is 0.667. The molecule has 0 bridgehead atoms. The summed E-state index contributed by atoms with van der Waals surface area (Å²) in [6.07, 6.45) is 6.39. The van der Waals surface area contributed by atoms with E-state index in [4.69, 9.17) is 4.84 Å². The summed E-state index contributed by atoms with van der Waals surface area (Å²) >= 11 is 0. The highest BCUT2D eigenvalue weighted by Gasteiger charge is 2.38. The topological polar surface area (TPSA) is 70.1 Å². The lowest BCUT2D eigenvalue weighted by atomic mass is 9.71. The third-order valence-electron chi connectivity index (χ3n) is 6.90. The summed E-state index contributed by atoms with van der Waals surface area (Å²) in [7, 11) is 4.18. The molecule has 30 heavy (non-hydrogen) atoms. The average molecular weight is 419 g/mol. The van der Waals surface area contributed by atoms with Gasteiger partial charge in [-0.2, -0.15) is 5.06 Å². The standard InChI is InChI=1S/C24H38N2O4/c1-6-24(19(2)3,25(4)5)20-11-10-12-21(15-20)30-26(18-27)17-23(16-22(28)29)13-8-7-9-14-23/h10-12,15,18-19H,6-9,13-14,16-17H2,1-5H3,(H,28,29)/t24-/m0/s1. The van der Waals surface area contributed by atoms with Crippen molar-refractivity contribution in [3.8, 4) is 5.75 Å². The third kappa shape index (κ3) is 5.34. The first-order valence-corrected chi connectivity index (χ1v) is 11.1. The van der Waals surface area contributed by atoms with Crippen LogP contribution in [0.25, 0.3) is 0 Å². The largest absolute Gasteiger partial charge is 0.481 e. The van der Waals surface area contributed by atoms with E-state index in [0.717, 1.165) is 44.1 Å². The summed E-state index contributed by atoms with van der Waals surface area (Å²) in [5.74, 6) is 0.164. The molecule has 6 heteroatoms. The second-order valence-corrected chi connectivity index (χ2v) is 9.26. The van der Waals surface area contributed by atoms with Gasteiger partial charge < -0.3 is 9.94 Å². The van der Waals surface area contributed by atoms with Gasteiger partial charge >= 0.3 is 5.97 Å². The normalized spacial score (nSPS) is 18.1. The van der Waals surface area contributed by atoms with Crippen molar-refractivity contribution < 1.29 is 19.5 Å². The number of hydrogen-bond acceptors (Lipinski definition) is 4. The maximum atomic E-state index is 11.8. The molecule has 0 aliphatic heterocycles. The smallest absolute Gasteiger partial charge is 0.303 e. The quantitative estimate of drug-likeness (QED) is 0.417. The van der Waals surface area contributed by atoms with Gasteiger partial charge in [0.25, 0.3) is 0 Å². The van der Waals surface area contributed by atoms with E-state index in [1.165, 1.54) is 5.06 Å². The average Bonchev–Trinajstić information content (AvgIpc) is 2.68. The summed E-state index contributed by atoms with van der Waals surface area (Å²) in [5, 5.41) is 10.7. The molecule has 0 radical (unpaired) electrons. The maximum Gasteiger partial charge on any atom is 0.303 e.